The van der Waals surface area contributed by atoms with Gasteiger partial charge in [0.1, 0.15) is 24.8 Å². The van der Waals surface area contributed by atoms with Crippen molar-refractivity contribution in [1.29, 1.82) is 0 Å². The van der Waals surface area contributed by atoms with Crippen LogP contribution in [0, 0.1) is 0 Å². The van der Waals surface area contributed by atoms with E-state index in [1.807, 2.05) is 12.1 Å². The number of nitrogens with zero attached hydrogens (tertiary/aromatic N) is 3. The van der Waals surface area contributed by atoms with Crippen molar-refractivity contribution >= 4 is 29.1 Å². The van der Waals surface area contributed by atoms with E-state index < -0.39 is 23.6 Å². The highest BCUT2D eigenvalue weighted by molar-refractivity contribution is 5.72. The number of ether oxygens (including phenoxy) is 5. The number of carbonyl (C=O) groups is 2. The Balaban J connectivity index is 1.32. The van der Waals surface area contributed by atoms with E-state index >= 15 is 0 Å². The van der Waals surface area contributed by atoms with Gasteiger partial charge in [0.25, 0.3) is 5.56 Å². The third-order valence-electron chi connectivity index (χ3n) is 4.96. The molecule has 1 atom stereocenters. The van der Waals surface area contributed by atoms with Gasteiger partial charge in [-0.1, -0.05) is 36.4 Å². The summed E-state index contributed by atoms with van der Waals surface area (Å²) in [5.41, 5.74) is 5.44. The molecule has 2 aromatic carbocycles. The van der Waals surface area contributed by atoms with Crippen LogP contribution in [0.25, 0.3) is 11.2 Å². The number of fused-ring (bicyclic) bond motifs is 1. The predicted molar refractivity (Wildman–Crippen MR) is 133 cm³/mol. The maximum absolute atomic E-state index is 12.4. The summed E-state index contributed by atoms with van der Waals surface area (Å²) in [5.74, 6) is -0.410. The zero-order valence-corrected chi connectivity index (χ0v) is 20.1. The molecule has 3 N–H and O–H groups in total. The van der Waals surface area contributed by atoms with Gasteiger partial charge in [-0.05, 0) is 24.3 Å². The van der Waals surface area contributed by atoms with E-state index in [1.54, 1.807) is 48.5 Å². The third kappa shape index (κ3) is 7.54. The molecule has 0 aliphatic rings. The van der Waals surface area contributed by atoms with Crippen molar-refractivity contribution in [3.63, 3.8) is 0 Å². The molecule has 1 unspecified atom stereocenters. The predicted octanol–water partition coefficient (Wildman–Crippen LogP) is 1.29. The number of carbonyl (C=O) groups excluding carboxylic acids is 2. The van der Waals surface area contributed by atoms with E-state index in [0.29, 0.717) is 11.5 Å². The smallest absolute Gasteiger partial charge is 0.344 e. The standard InChI is InChI=1S/C25H25N5O8/c26-25-28-23-22(24(33)29-25)27-15-30(23)16-34-11-19(38-21(32)14-36-18-9-5-2-6-10-18)12-37-20(31)13-35-17-7-3-1-4-8-17/h1-10,15,19H,11-14,16H2,(H3,26,28,29,33). The lowest BCUT2D eigenvalue weighted by atomic mass is 10.3. The largest absolute Gasteiger partial charge is 0.482 e. The van der Waals surface area contributed by atoms with Gasteiger partial charge >= 0.3 is 11.9 Å². The van der Waals surface area contributed by atoms with Crippen LogP contribution in [0.3, 0.4) is 0 Å². The van der Waals surface area contributed by atoms with Crippen LogP contribution in [0.1, 0.15) is 0 Å². The first-order valence-electron chi connectivity index (χ1n) is 11.5. The molecule has 0 saturated heterocycles. The maximum Gasteiger partial charge on any atom is 0.344 e. The minimum Gasteiger partial charge on any atom is -0.482 e. The fraction of sp³-hybridized carbons (Fsp3) is 0.240. The van der Waals surface area contributed by atoms with Gasteiger partial charge in [0.15, 0.2) is 30.5 Å². The number of hydrogen-bond acceptors (Lipinski definition) is 11. The molecule has 0 aliphatic carbocycles. The van der Waals surface area contributed by atoms with Crippen molar-refractivity contribution in [3.8, 4) is 11.5 Å². The summed E-state index contributed by atoms with van der Waals surface area (Å²) in [6.07, 6.45) is 0.404. The Bertz CT molecular complexity index is 1410. The summed E-state index contributed by atoms with van der Waals surface area (Å²) in [6, 6.07) is 17.5. The second-order valence-corrected chi connectivity index (χ2v) is 7.84. The molecule has 0 radical (unpaired) electrons. The number of hydrogen-bond donors (Lipinski definition) is 2. The highest BCUT2D eigenvalue weighted by Gasteiger charge is 2.19. The van der Waals surface area contributed by atoms with Gasteiger partial charge in [-0.3, -0.25) is 14.3 Å². The Kier molecular flexibility index (Phi) is 8.86. The lowest BCUT2D eigenvalue weighted by Crippen LogP contribution is -2.32. The van der Waals surface area contributed by atoms with E-state index in [9.17, 15) is 14.4 Å². The number of imidazole rings is 1. The number of anilines is 1. The molecular formula is C25H25N5O8. The van der Waals surface area contributed by atoms with Crippen molar-refractivity contribution in [2.75, 3.05) is 32.2 Å². The number of nitrogens with two attached hydrogens (primary N) is 1. The number of rotatable bonds is 13. The molecular weight excluding hydrogens is 498 g/mol. The Labute approximate surface area is 216 Å². The minimum absolute atomic E-state index is 0.0703. The number of nitrogen functional groups attached to an aromatic ring is 1. The first kappa shape index (κ1) is 26.2. The van der Waals surface area contributed by atoms with Crippen LogP contribution in [0.2, 0.25) is 0 Å². The Morgan fingerprint density at radius 1 is 0.921 bits per heavy atom. The molecule has 13 heteroatoms. The van der Waals surface area contributed by atoms with Crippen molar-refractivity contribution in [2.45, 2.75) is 12.8 Å². The van der Waals surface area contributed by atoms with Crippen LogP contribution in [-0.4, -0.2) is 64.0 Å². The van der Waals surface area contributed by atoms with Gasteiger partial charge in [0.2, 0.25) is 5.95 Å². The highest BCUT2D eigenvalue weighted by Crippen LogP contribution is 2.10. The number of benzene rings is 2. The van der Waals surface area contributed by atoms with Crippen molar-refractivity contribution in [3.05, 3.63) is 77.3 Å². The average molecular weight is 524 g/mol. The monoisotopic (exact) mass is 523 g/mol. The summed E-state index contributed by atoms with van der Waals surface area (Å²) in [4.78, 5) is 46.9. The fourth-order valence-electron chi connectivity index (χ4n) is 3.23. The molecule has 4 aromatic rings. The molecule has 0 amide bonds. The Morgan fingerprint density at radius 3 is 2.21 bits per heavy atom. The SMILES string of the molecule is Nc1nc2c(ncn2COCC(COC(=O)COc2ccccc2)OC(=O)COc2ccccc2)c(=O)[nH]1. The Morgan fingerprint density at radius 2 is 1.55 bits per heavy atom. The zero-order chi connectivity index (χ0) is 26.7. The quantitative estimate of drug-likeness (QED) is 0.242. The normalized spacial score (nSPS) is 11.6. The van der Waals surface area contributed by atoms with Gasteiger partial charge in [0, 0.05) is 0 Å². The summed E-state index contributed by atoms with van der Waals surface area (Å²) >= 11 is 0. The molecule has 0 aliphatic heterocycles. The molecule has 0 bridgehead atoms. The Hall–Kier alpha value is -4.91. The van der Waals surface area contributed by atoms with E-state index in [-0.39, 0.29) is 50.3 Å². The number of para-hydroxylation sites is 2. The van der Waals surface area contributed by atoms with Crippen LogP contribution in [0.5, 0.6) is 11.5 Å². The summed E-state index contributed by atoms with van der Waals surface area (Å²) in [5, 5.41) is 0. The number of H-pyrrole nitrogens is 1. The van der Waals surface area contributed by atoms with E-state index in [0.717, 1.165) is 0 Å². The van der Waals surface area contributed by atoms with Gasteiger partial charge in [-0.15, -0.1) is 0 Å². The lowest BCUT2D eigenvalue weighted by molar-refractivity contribution is -0.166. The summed E-state index contributed by atoms with van der Waals surface area (Å²) < 4.78 is 28.5. The number of nitrogens with one attached hydrogen (secondary N) is 1. The van der Waals surface area contributed by atoms with Crippen LogP contribution in [-0.2, 0) is 30.5 Å². The molecule has 0 spiro atoms. The first-order chi connectivity index (χ1) is 18.5. The van der Waals surface area contributed by atoms with E-state index in [1.165, 1.54) is 10.9 Å². The van der Waals surface area contributed by atoms with Gasteiger partial charge in [-0.2, -0.15) is 4.98 Å². The molecule has 0 saturated carbocycles. The molecule has 2 heterocycles. The van der Waals surface area contributed by atoms with Crippen molar-refractivity contribution in [1.82, 2.24) is 19.5 Å². The van der Waals surface area contributed by atoms with E-state index in [4.69, 9.17) is 29.4 Å². The second kappa shape index (κ2) is 12.9. The zero-order valence-electron chi connectivity index (χ0n) is 20.1. The average Bonchev–Trinajstić information content (AvgIpc) is 3.33. The van der Waals surface area contributed by atoms with Gasteiger partial charge in [0.05, 0.1) is 12.9 Å². The molecule has 13 nitrogen and oxygen atoms in total. The fourth-order valence-corrected chi connectivity index (χ4v) is 3.23. The maximum atomic E-state index is 12.4. The number of aromatic amines is 1. The molecule has 38 heavy (non-hydrogen) atoms. The van der Waals surface area contributed by atoms with Crippen molar-refractivity contribution in [2.24, 2.45) is 0 Å². The minimum atomic E-state index is -0.959. The van der Waals surface area contributed by atoms with Crippen LogP contribution in [0.4, 0.5) is 5.95 Å². The van der Waals surface area contributed by atoms with Crippen molar-refractivity contribution < 1.29 is 33.3 Å². The number of esters is 2. The topological polar surface area (TPSA) is 170 Å². The molecule has 4 rings (SSSR count). The third-order valence-corrected chi connectivity index (χ3v) is 4.96. The summed E-state index contributed by atoms with van der Waals surface area (Å²) in [6.45, 7) is -1.22. The van der Waals surface area contributed by atoms with Crippen LogP contribution < -0.4 is 20.8 Å². The number of aromatic nitrogens is 4. The highest BCUT2D eigenvalue weighted by atomic mass is 16.6. The summed E-state index contributed by atoms with van der Waals surface area (Å²) in [7, 11) is 0. The van der Waals surface area contributed by atoms with Gasteiger partial charge < -0.3 is 29.4 Å². The van der Waals surface area contributed by atoms with Crippen LogP contribution in [0.15, 0.2) is 71.8 Å². The first-order valence-corrected chi connectivity index (χ1v) is 11.5. The van der Waals surface area contributed by atoms with E-state index in [2.05, 4.69) is 15.0 Å². The second-order valence-electron chi connectivity index (χ2n) is 7.84. The van der Waals surface area contributed by atoms with Gasteiger partial charge in [-0.25, -0.2) is 14.6 Å². The molecule has 0 fully saturated rings. The lowest BCUT2D eigenvalue weighted by Gasteiger charge is -2.18. The van der Waals surface area contributed by atoms with Crippen LogP contribution >= 0.6 is 0 Å². The molecule has 198 valence electrons. The molecule has 2 aromatic heterocycles.